The number of anilines is 1. The number of urea groups is 1. The highest BCUT2D eigenvalue weighted by Crippen LogP contribution is 2.23. The van der Waals surface area contributed by atoms with E-state index in [1.807, 2.05) is 66.7 Å². The van der Waals surface area contributed by atoms with E-state index >= 15 is 0 Å². The maximum absolute atomic E-state index is 12.6. The van der Waals surface area contributed by atoms with Crippen molar-refractivity contribution in [3.05, 3.63) is 72.6 Å². The quantitative estimate of drug-likeness (QED) is 0.542. The number of rotatable bonds is 5. The Hall–Kier alpha value is -3.87. The number of carbonyl (C=O) groups excluding carboxylic acids is 1. The van der Waals surface area contributed by atoms with Crippen LogP contribution in [0, 0.1) is 0 Å². The van der Waals surface area contributed by atoms with Gasteiger partial charge in [0.2, 0.25) is 11.7 Å². The molecule has 29 heavy (non-hydrogen) atoms. The first kappa shape index (κ1) is 18.5. The predicted molar refractivity (Wildman–Crippen MR) is 111 cm³/mol. The zero-order valence-electron chi connectivity index (χ0n) is 16.1. The summed E-state index contributed by atoms with van der Waals surface area (Å²) in [4.78, 5) is 18.5. The van der Waals surface area contributed by atoms with Crippen LogP contribution in [0.1, 0.15) is 5.89 Å². The van der Waals surface area contributed by atoms with Crippen LogP contribution in [0.4, 0.5) is 10.5 Å². The molecule has 146 valence electrons. The molecule has 0 aliphatic carbocycles. The normalized spacial score (nSPS) is 10.7. The maximum Gasteiger partial charge on any atom is 0.322 e. The van der Waals surface area contributed by atoms with Crippen LogP contribution >= 0.6 is 0 Å². The Morgan fingerprint density at radius 2 is 1.83 bits per heavy atom. The third-order valence-corrected chi connectivity index (χ3v) is 4.57. The summed E-state index contributed by atoms with van der Waals surface area (Å²) >= 11 is 0. The lowest BCUT2D eigenvalue weighted by atomic mass is 10.1. The van der Waals surface area contributed by atoms with E-state index in [4.69, 9.17) is 9.26 Å². The lowest BCUT2D eigenvalue weighted by Crippen LogP contribution is -2.31. The fraction of sp³-hybridized carbons (Fsp3) is 0.136. The van der Waals surface area contributed by atoms with Crippen LogP contribution in [-0.4, -0.2) is 35.2 Å². The van der Waals surface area contributed by atoms with Gasteiger partial charge in [0.25, 0.3) is 0 Å². The number of aromatic nitrogens is 2. The summed E-state index contributed by atoms with van der Waals surface area (Å²) in [6, 6.07) is 20.8. The number of carbonyl (C=O) groups is 1. The number of fused-ring (bicyclic) bond motifs is 1. The smallest absolute Gasteiger partial charge is 0.322 e. The van der Waals surface area contributed by atoms with Crippen LogP contribution in [0.3, 0.4) is 0 Å². The molecule has 1 heterocycles. The minimum absolute atomic E-state index is 0.194. The molecular formula is C22H20N4O3. The monoisotopic (exact) mass is 388 g/mol. The molecule has 4 rings (SSSR count). The van der Waals surface area contributed by atoms with Crippen molar-refractivity contribution < 1.29 is 14.1 Å². The Labute approximate surface area is 167 Å². The van der Waals surface area contributed by atoms with Gasteiger partial charge >= 0.3 is 6.03 Å². The second kappa shape index (κ2) is 8.02. The molecule has 0 spiro atoms. The lowest BCUT2D eigenvalue weighted by Gasteiger charge is -2.16. The average molecular weight is 388 g/mol. The number of benzene rings is 3. The van der Waals surface area contributed by atoms with Gasteiger partial charge in [-0.3, -0.25) is 0 Å². The highest BCUT2D eigenvalue weighted by atomic mass is 16.5. The van der Waals surface area contributed by atoms with Gasteiger partial charge in [0.15, 0.2) is 0 Å². The van der Waals surface area contributed by atoms with Crippen LogP contribution < -0.4 is 10.1 Å². The summed E-state index contributed by atoms with van der Waals surface area (Å²) in [5.74, 6) is 1.57. The molecular weight excluding hydrogens is 368 g/mol. The molecule has 7 nitrogen and oxygen atoms in total. The van der Waals surface area contributed by atoms with Crippen LogP contribution in [0.5, 0.6) is 5.75 Å². The highest BCUT2D eigenvalue weighted by molar-refractivity contribution is 6.01. The first-order valence-corrected chi connectivity index (χ1v) is 9.11. The summed E-state index contributed by atoms with van der Waals surface area (Å²) in [5.41, 5.74) is 1.56. The van der Waals surface area contributed by atoms with Crippen molar-refractivity contribution in [3.63, 3.8) is 0 Å². The average Bonchev–Trinajstić information content (AvgIpc) is 3.22. The number of hydrogen-bond acceptors (Lipinski definition) is 5. The Bertz CT molecular complexity index is 1130. The minimum atomic E-state index is -0.259. The molecule has 0 saturated heterocycles. The molecule has 0 saturated carbocycles. The van der Waals surface area contributed by atoms with E-state index in [0.717, 1.165) is 27.8 Å². The summed E-state index contributed by atoms with van der Waals surface area (Å²) in [6.07, 6.45) is 0. The van der Waals surface area contributed by atoms with Crippen LogP contribution in [0.25, 0.3) is 22.2 Å². The standard InChI is InChI=1S/C22H20N4O3/c1-26(22(27)23-19-9-5-7-15-6-3-4-8-18(15)19)14-20-24-21(25-29-20)16-10-12-17(28-2)13-11-16/h3-13H,14H2,1-2H3,(H,23,27). The fourth-order valence-corrected chi connectivity index (χ4v) is 3.00. The number of ether oxygens (including phenoxy) is 1. The van der Waals surface area contributed by atoms with Crippen LogP contribution in [0.15, 0.2) is 71.3 Å². The summed E-state index contributed by atoms with van der Waals surface area (Å²) < 4.78 is 10.5. The molecule has 1 aromatic heterocycles. The number of methoxy groups -OCH3 is 1. The largest absolute Gasteiger partial charge is 0.497 e. The Balaban J connectivity index is 1.44. The number of nitrogens with zero attached hydrogens (tertiary/aromatic N) is 3. The van der Waals surface area contributed by atoms with Crippen LogP contribution in [0.2, 0.25) is 0 Å². The topological polar surface area (TPSA) is 80.5 Å². The zero-order valence-corrected chi connectivity index (χ0v) is 16.1. The Kier molecular flexibility index (Phi) is 5.11. The maximum atomic E-state index is 12.6. The number of hydrogen-bond donors (Lipinski definition) is 1. The van der Waals surface area contributed by atoms with Crippen molar-refractivity contribution in [2.24, 2.45) is 0 Å². The number of amides is 2. The van der Waals surface area contributed by atoms with Crippen molar-refractivity contribution in [1.29, 1.82) is 0 Å². The van der Waals surface area contributed by atoms with Gasteiger partial charge in [0.05, 0.1) is 12.8 Å². The lowest BCUT2D eigenvalue weighted by molar-refractivity contribution is 0.213. The number of nitrogens with one attached hydrogen (secondary N) is 1. The van der Waals surface area contributed by atoms with Crippen molar-refractivity contribution in [2.45, 2.75) is 6.54 Å². The summed E-state index contributed by atoms with van der Waals surface area (Å²) in [6.45, 7) is 0.194. The molecule has 2 amide bonds. The predicted octanol–water partition coefficient (Wildman–Crippen LogP) is 4.56. The molecule has 0 atom stereocenters. The first-order valence-electron chi connectivity index (χ1n) is 9.11. The molecule has 3 aromatic carbocycles. The molecule has 1 N–H and O–H groups in total. The van der Waals surface area contributed by atoms with Gasteiger partial charge < -0.3 is 19.5 Å². The van der Waals surface area contributed by atoms with E-state index in [1.165, 1.54) is 4.90 Å². The molecule has 0 aliphatic heterocycles. The second-order valence-electron chi connectivity index (χ2n) is 6.55. The molecule has 0 fully saturated rings. The van der Waals surface area contributed by atoms with E-state index < -0.39 is 0 Å². The van der Waals surface area contributed by atoms with Gasteiger partial charge in [-0.15, -0.1) is 0 Å². The molecule has 0 bridgehead atoms. The fourth-order valence-electron chi connectivity index (χ4n) is 3.00. The van der Waals surface area contributed by atoms with Crippen molar-refractivity contribution >= 4 is 22.5 Å². The summed E-state index contributed by atoms with van der Waals surface area (Å²) in [5, 5.41) is 8.98. The molecule has 0 unspecified atom stereocenters. The molecule has 0 aliphatic rings. The van der Waals surface area contributed by atoms with E-state index in [2.05, 4.69) is 15.5 Å². The van der Waals surface area contributed by atoms with E-state index in [9.17, 15) is 4.79 Å². The Morgan fingerprint density at radius 3 is 2.62 bits per heavy atom. The third-order valence-electron chi connectivity index (χ3n) is 4.57. The van der Waals surface area contributed by atoms with Gasteiger partial charge in [-0.25, -0.2) is 4.79 Å². The van der Waals surface area contributed by atoms with E-state index in [0.29, 0.717) is 11.7 Å². The van der Waals surface area contributed by atoms with Gasteiger partial charge in [0.1, 0.15) is 12.3 Å². The highest BCUT2D eigenvalue weighted by Gasteiger charge is 2.15. The SMILES string of the molecule is COc1ccc(-c2noc(CN(C)C(=O)Nc3cccc4ccccc34)n2)cc1. The van der Waals surface area contributed by atoms with Crippen molar-refractivity contribution in [2.75, 3.05) is 19.5 Å². The third kappa shape index (κ3) is 4.03. The van der Waals surface area contributed by atoms with Gasteiger partial charge in [-0.05, 0) is 35.7 Å². The first-order chi connectivity index (χ1) is 14.1. The minimum Gasteiger partial charge on any atom is -0.497 e. The van der Waals surface area contributed by atoms with Gasteiger partial charge in [-0.2, -0.15) is 4.98 Å². The van der Waals surface area contributed by atoms with E-state index in [1.54, 1.807) is 14.2 Å². The summed E-state index contributed by atoms with van der Waals surface area (Å²) in [7, 11) is 3.29. The molecule has 7 heteroatoms. The second-order valence-corrected chi connectivity index (χ2v) is 6.55. The Morgan fingerprint density at radius 1 is 1.07 bits per heavy atom. The molecule has 0 radical (unpaired) electrons. The van der Waals surface area contributed by atoms with E-state index in [-0.39, 0.29) is 12.6 Å². The zero-order chi connectivity index (χ0) is 20.2. The van der Waals surface area contributed by atoms with Crippen molar-refractivity contribution in [3.8, 4) is 17.1 Å². The van der Waals surface area contributed by atoms with Gasteiger partial charge in [-0.1, -0.05) is 41.6 Å². The molecule has 4 aromatic rings. The van der Waals surface area contributed by atoms with Crippen LogP contribution in [-0.2, 0) is 6.54 Å². The van der Waals surface area contributed by atoms with Gasteiger partial charge in [0, 0.05) is 18.0 Å². The van der Waals surface area contributed by atoms with Crippen molar-refractivity contribution in [1.82, 2.24) is 15.0 Å².